The van der Waals surface area contributed by atoms with Crippen LogP contribution in [0.25, 0.3) is 0 Å². The van der Waals surface area contributed by atoms with E-state index >= 15 is 0 Å². The first-order valence-corrected chi connectivity index (χ1v) is 10.8. The van der Waals surface area contributed by atoms with Gasteiger partial charge >= 0.3 is 6.18 Å². The summed E-state index contributed by atoms with van der Waals surface area (Å²) in [4.78, 5) is 28.4. The Morgan fingerprint density at radius 3 is 2.33 bits per heavy atom. The third-order valence-corrected chi connectivity index (χ3v) is 6.09. The first-order chi connectivity index (χ1) is 14.3. The van der Waals surface area contributed by atoms with Gasteiger partial charge in [0.25, 0.3) is 0 Å². The molecule has 3 rings (SSSR count). The first-order valence-electron chi connectivity index (χ1n) is 10.8. The second kappa shape index (κ2) is 10.3. The summed E-state index contributed by atoms with van der Waals surface area (Å²) in [5, 5.41) is 2.37. The van der Waals surface area contributed by atoms with Gasteiger partial charge in [0.2, 0.25) is 11.8 Å². The van der Waals surface area contributed by atoms with E-state index in [9.17, 15) is 22.8 Å². The topological polar surface area (TPSA) is 52.7 Å². The summed E-state index contributed by atoms with van der Waals surface area (Å²) in [6, 6.07) is 4.96. The molecule has 2 aliphatic rings. The van der Waals surface area contributed by atoms with Crippen LogP contribution in [-0.4, -0.2) is 54.3 Å². The van der Waals surface area contributed by atoms with Crippen molar-refractivity contribution in [2.24, 2.45) is 5.92 Å². The number of rotatable bonds is 6. The smallest absolute Gasteiger partial charge is 0.340 e. The lowest BCUT2D eigenvalue weighted by molar-refractivity contribution is -0.137. The molecule has 1 aromatic carbocycles. The number of alkyl halides is 3. The third-order valence-electron chi connectivity index (χ3n) is 6.09. The predicted molar refractivity (Wildman–Crippen MR) is 109 cm³/mol. The quantitative estimate of drug-likeness (QED) is 0.745. The summed E-state index contributed by atoms with van der Waals surface area (Å²) in [6.07, 6.45) is 3.33. The maximum absolute atomic E-state index is 13.1. The Hall–Kier alpha value is -2.09. The van der Waals surface area contributed by atoms with Gasteiger partial charge in [0.1, 0.15) is 0 Å². The van der Waals surface area contributed by atoms with Crippen LogP contribution in [0.5, 0.6) is 0 Å². The van der Waals surface area contributed by atoms with Gasteiger partial charge in [-0.1, -0.05) is 44.2 Å². The number of nitrogens with zero attached hydrogens (tertiary/aromatic N) is 2. The predicted octanol–water partition coefficient (Wildman–Crippen LogP) is 4.15. The van der Waals surface area contributed by atoms with Crippen molar-refractivity contribution in [3.63, 3.8) is 0 Å². The Balaban J connectivity index is 1.41. The Morgan fingerprint density at radius 2 is 1.67 bits per heavy atom. The minimum Gasteiger partial charge on any atom is -0.340 e. The molecule has 0 aromatic heterocycles. The molecule has 1 heterocycles. The molecule has 2 amide bonds. The number of para-hydroxylation sites is 1. The number of piperazine rings is 1. The minimum absolute atomic E-state index is 0.0102. The van der Waals surface area contributed by atoms with Crippen molar-refractivity contribution in [3.05, 3.63) is 29.8 Å². The lowest BCUT2D eigenvalue weighted by atomic mass is 9.86. The largest absolute Gasteiger partial charge is 0.418 e. The van der Waals surface area contributed by atoms with E-state index < -0.39 is 17.6 Å². The lowest BCUT2D eigenvalue weighted by Crippen LogP contribution is -2.50. The molecule has 30 heavy (non-hydrogen) atoms. The van der Waals surface area contributed by atoms with Gasteiger partial charge in [-0.15, -0.1) is 0 Å². The lowest BCUT2D eigenvalue weighted by Gasteiger charge is -2.34. The van der Waals surface area contributed by atoms with E-state index in [0.717, 1.165) is 12.5 Å². The SMILES string of the molecule is O=C(CN1CCN(C(=O)CCC2CCCCC2)CC1)Nc1ccccc1C(F)(F)F. The molecule has 1 aliphatic carbocycles. The van der Waals surface area contributed by atoms with Crippen LogP contribution < -0.4 is 5.32 Å². The third kappa shape index (κ3) is 6.45. The second-order valence-corrected chi connectivity index (χ2v) is 8.29. The van der Waals surface area contributed by atoms with Crippen LogP contribution in [0.4, 0.5) is 18.9 Å². The summed E-state index contributed by atoms with van der Waals surface area (Å²) in [6.45, 7) is 2.20. The molecule has 5 nitrogen and oxygen atoms in total. The zero-order valence-corrected chi connectivity index (χ0v) is 17.2. The van der Waals surface area contributed by atoms with Crippen LogP contribution in [0.15, 0.2) is 24.3 Å². The van der Waals surface area contributed by atoms with Gasteiger partial charge in [-0.3, -0.25) is 14.5 Å². The van der Waals surface area contributed by atoms with Gasteiger partial charge in [0.05, 0.1) is 17.8 Å². The number of nitrogens with one attached hydrogen (secondary N) is 1. The molecule has 1 saturated heterocycles. The van der Waals surface area contributed by atoms with Crippen molar-refractivity contribution in [2.75, 3.05) is 38.0 Å². The molecule has 1 aliphatic heterocycles. The highest BCUT2D eigenvalue weighted by molar-refractivity contribution is 5.93. The fraction of sp³-hybridized carbons (Fsp3) is 0.636. The zero-order chi connectivity index (χ0) is 21.6. The fourth-order valence-electron chi connectivity index (χ4n) is 4.35. The molecule has 0 atom stereocenters. The van der Waals surface area contributed by atoms with Crippen LogP contribution >= 0.6 is 0 Å². The molecule has 0 unspecified atom stereocenters. The van der Waals surface area contributed by atoms with E-state index in [0.29, 0.717) is 38.5 Å². The van der Waals surface area contributed by atoms with E-state index in [1.165, 1.54) is 50.3 Å². The molecular formula is C22H30F3N3O2. The van der Waals surface area contributed by atoms with Gasteiger partial charge in [-0.2, -0.15) is 13.2 Å². The summed E-state index contributed by atoms with van der Waals surface area (Å²) in [5.41, 5.74) is -1.08. The number of hydrogen-bond donors (Lipinski definition) is 1. The number of hydrogen-bond acceptors (Lipinski definition) is 3. The fourth-order valence-corrected chi connectivity index (χ4v) is 4.35. The summed E-state index contributed by atoms with van der Waals surface area (Å²) in [5.74, 6) is 0.361. The molecule has 8 heteroatoms. The van der Waals surface area contributed by atoms with Gasteiger partial charge in [0.15, 0.2) is 0 Å². The monoisotopic (exact) mass is 425 g/mol. The molecule has 0 bridgehead atoms. The van der Waals surface area contributed by atoms with Crippen LogP contribution in [0.1, 0.15) is 50.5 Å². The first kappa shape index (κ1) is 22.6. The summed E-state index contributed by atoms with van der Waals surface area (Å²) in [7, 11) is 0. The van der Waals surface area contributed by atoms with Crippen molar-refractivity contribution in [1.29, 1.82) is 0 Å². The van der Waals surface area contributed by atoms with Crippen LogP contribution in [-0.2, 0) is 15.8 Å². The van der Waals surface area contributed by atoms with Crippen LogP contribution in [0.2, 0.25) is 0 Å². The number of carbonyl (C=O) groups is 2. The zero-order valence-electron chi connectivity index (χ0n) is 17.2. The summed E-state index contributed by atoms with van der Waals surface area (Å²) >= 11 is 0. The van der Waals surface area contributed by atoms with Crippen LogP contribution in [0, 0.1) is 5.92 Å². The highest BCUT2D eigenvalue weighted by Crippen LogP contribution is 2.34. The molecule has 1 aromatic rings. The van der Waals surface area contributed by atoms with Gasteiger partial charge in [0, 0.05) is 32.6 Å². The average Bonchev–Trinajstić information content (AvgIpc) is 2.73. The van der Waals surface area contributed by atoms with Gasteiger partial charge in [-0.05, 0) is 24.5 Å². The van der Waals surface area contributed by atoms with E-state index in [2.05, 4.69) is 5.32 Å². The minimum atomic E-state index is -4.52. The normalized spacial score (nSPS) is 19.0. The van der Waals surface area contributed by atoms with Crippen molar-refractivity contribution < 1.29 is 22.8 Å². The standard InChI is InChI=1S/C22H30F3N3O2/c23-22(24,25)18-8-4-5-9-19(18)26-20(29)16-27-12-14-28(15-13-27)21(30)11-10-17-6-2-1-3-7-17/h4-5,8-9,17H,1-3,6-7,10-16H2,(H,26,29). The molecular weight excluding hydrogens is 395 g/mol. The maximum Gasteiger partial charge on any atom is 0.418 e. The molecule has 166 valence electrons. The van der Waals surface area contributed by atoms with Crippen molar-refractivity contribution in [1.82, 2.24) is 9.80 Å². The Morgan fingerprint density at radius 1 is 1.00 bits per heavy atom. The summed E-state index contributed by atoms with van der Waals surface area (Å²) < 4.78 is 39.2. The highest BCUT2D eigenvalue weighted by Gasteiger charge is 2.33. The number of anilines is 1. The van der Waals surface area contributed by atoms with Crippen molar-refractivity contribution in [3.8, 4) is 0 Å². The number of carbonyl (C=O) groups excluding carboxylic acids is 2. The van der Waals surface area contributed by atoms with Crippen LogP contribution in [0.3, 0.4) is 0 Å². The van der Waals surface area contributed by atoms with Gasteiger partial charge in [-0.25, -0.2) is 0 Å². The molecule has 2 fully saturated rings. The maximum atomic E-state index is 13.1. The molecule has 0 spiro atoms. The second-order valence-electron chi connectivity index (χ2n) is 8.29. The number of benzene rings is 1. The molecule has 1 N–H and O–H groups in total. The Kier molecular flexibility index (Phi) is 7.75. The Labute approximate surface area is 175 Å². The van der Waals surface area contributed by atoms with Gasteiger partial charge < -0.3 is 10.2 Å². The number of amides is 2. The van der Waals surface area contributed by atoms with Crippen molar-refractivity contribution >= 4 is 17.5 Å². The Bertz CT molecular complexity index is 725. The van der Waals surface area contributed by atoms with E-state index in [1.54, 1.807) is 0 Å². The average molecular weight is 425 g/mol. The molecule has 0 radical (unpaired) electrons. The van der Waals surface area contributed by atoms with E-state index in [4.69, 9.17) is 0 Å². The highest BCUT2D eigenvalue weighted by atomic mass is 19.4. The molecule has 1 saturated carbocycles. The van der Waals surface area contributed by atoms with E-state index in [1.807, 2.05) is 9.80 Å². The van der Waals surface area contributed by atoms with Crippen molar-refractivity contribution in [2.45, 2.75) is 51.1 Å². The number of halogens is 3. The van der Waals surface area contributed by atoms with E-state index in [-0.39, 0.29) is 18.1 Å².